The molecule has 5 heteroatoms. The number of anilines is 1. The molecular weight excluding hydrogens is 317 g/mol. The molecule has 0 radical (unpaired) electrons. The van der Waals surface area contributed by atoms with E-state index in [0.29, 0.717) is 15.6 Å². The lowest BCUT2D eigenvalue weighted by molar-refractivity contribution is 0.574. The van der Waals surface area contributed by atoms with E-state index in [-0.39, 0.29) is 0 Å². The summed E-state index contributed by atoms with van der Waals surface area (Å²) in [6.45, 7) is 3.94. The second-order valence-electron chi connectivity index (χ2n) is 5.63. The van der Waals surface area contributed by atoms with Crippen molar-refractivity contribution in [2.75, 3.05) is 18.0 Å². The topological polar surface area (TPSA) is 42.8 Å². The largest absolute Gasteiger partial charge is 0.357 e. The molecule has 0 unspecified atom stereocenters. The molecule has 114 valence electrons. The third-order valence-electron chi connectivity index (χ3n) is 4.21. The van der Waals surface area contributed by atoms with Crippen molar-refractivity contribution in [3.63, 3.8) is 0 Å². The minimum atomic E-state index is 0.589. The number of nitrogens with one attached hydrogen (secondary N) is 1. The fraction of sp³-hybridized carbons (Fsp3) is 0.353. The number of nitrogens with zero attached hydrogens (tertiary/aromatic N) is 2. The van der Waals surface area contributed by atoms with Gasteiger partial charge >= 0.3 is 0 Å². The van der Waals surface area contributed by atoms with Crippen LogP contribution in [0.2, 0.25) is 10.0 Å². The number of nitriles is 1. The first kappa shape index (κ1) is 15.3. The molecule has 2 heterocycles. The standard InChI is InChI=1S/C17H17Cl2N3/c1-11-14(10-20)17(22-7-3-2-4-8-22)21-16(11)13-6-5-12(18)9-15(13)19/h5-6,9,21H,2-4,7-8H2,1H3. The lowest BCUT2D eigenvalue weighted by atomic mass is 10.1. The van der Waals surface area contributed by atoms with Gasteiger partial charge in [0.05, 0.1) is 16.3 Å². The van der Waals surface area contributed by atoms with E-state index < -0.39 is 0 Å². The maximum atomic E-state index is 9.55. The van der Waals surface area contributed by atoms with E-state index in [9.17, 15) is 5.26 Å². The first-order valence-corrected chi connectivity index (χ1v) is 8.20. The average Bonchev–Trinajstić information content (AvgIpc) is 2.85. The highest BCUT2D eigenvalue weighted by atomic mass is 35.5. The molecule has 2 aromatic rings. The first-order valence-electron chi connectivity index (χ1n) is 7.45. The Balaban J connectivity index is 2.09. The summed E-state index contributed by atoms with van der Waals surface area (Å²) in [4.78, 5) is 5.69. The minimum absolute atomic E-state index is 0.589. The van der Waals surface area contributed by atoms with Gasteiger partial charge < -0.3 is 9.88 Å². The zero-order valence-electron chi connectivity index (χ0n) is 12.4. The van der Waals surface area contributed by atoms with Crippen LogP contribution >= 0.6 is 23.2 Å². The van der Waals surface area contributed by atoms with Gasteiger partial charge in [-0.1, -0.05) is 23.2 Å². The molecule has 0 amide bonds. The molecule has 0 bridgehead atoms. The number of piperidine rings is 1. The van der Waals surface area contributed by atoms with Crippen molar-refractivity contribution in [3.05, 3.63) is 39.4 Å². The van der Waals surface area contributed by atoms with E-state index >= 15 is 0 Å². The third-order valence-corrected chi connectivity index (χ3v) is 4.76. The molecule has 1 aromatic heterocycles. The van der Waals surface area contributed by atoms with E-state index in [4.69, 9.17) is 23.2 Å². The Bertz CT molecular complexity index is 737. The van der Waals surface area contributed by atoms with Crippen molar-refractivity contribution in [1.82, 2.24) is 4.98 Å². The minimum Gasteiger partial charge on any atom is -0.357 e. The predicted octanol–water partition coefficient (Wildman–Crippen LogP) is 5.16. The average molecular weight is 334 g/mol. The maximum Gasteiger partial charge on any atom is 0.124 e. The molecule has 1 aromatic carbocycles. The number of aromatic nitrogens is 1. The molecule has 1 fully saturated rings. The molecule has 0 spiro atoms. The summed E-state index contributed by atoms with van der Waals surface area (Å²) in [5.41, 5.74) is 3.43. The van der Waals surface area contributed by atoms with Crippen LogP contribution in [-0.2, 0) is 0 Å². The predicted molar refractivity (Wildman–Crippen MR) is 91.8 cm³/mol. The molecule has 22 heavy (non-hydrogen) atoms. The molecule has 0 atom stereocenters. The molecule has 3 nitrogen and oxygen atoms in total. The number of halogens is 2. The van der Waals surface area contributed by atoms with E-state index in [1.165, 1.54) is 19.3 Å². The SMILES string of the molecule is Cc1c(-c2ccc(Cl)cc2Cl)[nH]c(N2CCCCC2)c1C#N. The van der Waals surface area contributed by atoms with Crippen molar-refractivity contribution in [3.8, 4) is 17.3 Å². The summed E-state index contributed by atoms with van der Waals surface area (Å²) in [6, 6.07) is 7.78. The quantitative estimate of drug-likeness (QED) is 0.824. The van der Waals surface area contributed by atoms with Crippen LogP contribution in [0, 0.1) is 18.3 Å². The Morgan fingerprint density at radius 1 is 1.18 bits per heavy atom. The summed E-state index contributed by atoms with van der Waals surface area (Å²) in [5.74, 6) is 0.917. The summed E-state index contributed by atoms with van der Waals surface area (Å²) in [6.07, 6.45) is 3.59. The van der Waals surface area contributed by atoms with Crippen LogP contribution in [0.3, 0.4) is 0 Å². The highest BCUT2D eigenvalue weighted by Crippen LogP contribution is 2.37. The lowest BCUT2D eigenvalue weighted by Gasteiger charge is -2.27. The molecule has 0 saturated carbocycles. The van der Waals surface area contributed by atoms with Crippen LogP contribution in [0.15, 0.2) is 18.2 Å². The van der Waals surface area contributed by atoms with Gasteiger partial charge in [0.15, 0.2) is 0 Å². The van der Waals surface area contributed by atoms with Gasteiger partial charge in [-0.3, -0.25) is 0 Å². The van der Waals surface area contributed by atoms with Gasteiger partial charge in [0, 0.05) is 23.7 Å². The van der Waals surface area contributed by atoms with Crippen molar-refractivity contribution in [2.24, 2.45) is 0 Å². The number of rotatable bonds is 2. The van der Waals surface area contributed by atoms with Crippen LogP contribution in [0.4, 0.5) is 5.82 Å². The Labute approximate surface area is 140 Å². The molecule has 1 aliphatic rings. The van der Waals surface area contributed by atoms with E-state index in [2.05, 4.69) is 16.0 Å². The lowest BCUT2D eigenvalue weighted by Crippen LogP contribution is -2.30. The fourth-order valence-electron chi connectivity index (χ4n) is 3.03. The number of benzene rings is 1. The van der Waals surface area contributed by atoms with Gasteiger partial charge in [-0.15, -0.1) is 0 Å². The Morgan fingerprint density at radius 3 is 2.55 bits per heavy atom. The molecule has 3 rings (SSSR count). The Kier molecular flexibility index (Phi) is 4.33. The maximum absolute atomic E-state index is 9.55. The van der Waals surface area contributed by atoms with Crippen LogP contribution in [0.5, 0.6) is 0 Å². The molecule has 1 saturated heterocycles. The van der Waals surface area contributed by atoms with E-state index in [1.807, 2.05) is 19.1 Å². The fourth-order valence-corrected chi connectivity index (χ4v) is 3.53. The zero-order valence-corrected chi connectivity index (χ0v) is 13.9. The highest BCUT2D eigenvalue weighted by molar-refractivity contribution is 6.36. The summed E-state index contributed by atoms with van der Waals surface area (Å²) in [7, 11) is 0. The number of hydrogen-bond acceptors (Lipinski definition) is 2. The van der Waals surface area contributed by atoms with Crippen molar-refractivity contribution >= 4 is 29.0 Å². The van der Waals surface area contributed by atoms with Crippen LogP contribution < -0.4 is 4.90 Å². The number of hydrogen-bond donors (Lipinski definition) is 1. The van der Waals surface area contributed by atoms with Gasteiger partial charge in [0.1, 0.15) is 11.9 Å². The Hall–Kier alpha value is -1.63. The van der Waals surface area contributed by atoms with Crippen LogP contribution in [0.25, 0.3) is 11.3 Å². The smallest absolute Gasteiger partial charge is 0.124 e. The van der Waals surface area contributed by atoms with Crippen molar-refractivity contribution in [1.29, 1.82) is 5.26 Å². The molecule has 0 aliphatic carbocycles. The highest BCUT2D eigenvalue weighted by Gasteiger charge is 2.22. The van der Waals surface area contributed by atoms with Gasteiger partial charge in [0.25, 0.3) is 0 Å². The molecule has 1 N–H and O–H groups in total. The monoisotopic (exact) mass is 333 g/mol. The van der Waals surface area contributed by atoms with Crippen molar-refractivity contribution in [2.45, 2.75) is 26.2 Å². The Morgan fingerprint density at radius 2 is 1.91 bits per heavy atom. The van der Waals surface area contributed by atoms with Crippen molar-refractivity contribution < 1.29 is 0 Å². The normalized spacial score (nSPS) is 14.9. The second kappa shape index (κ2) is 6.24. The zero-order chi connectivity index (χ0) is 15.7. The van der Waals surface area contributed by atoms with Gasteiger partial charge in [0.2, 0.25) is 0 Å². The van der Waals surface area contributed by atoms with Gasteiger partial charge in [-0.25, -0.2) is 0 Å². The van der Waals surface area contributed by atoms with E-state index in [1.54, 1.807) is 6.07 Å². The third kappa shape index (κ3) is 2.69. The van der Waals surface area contributed by atoms with Crippen LogP contribution in [-0.4, -0.2) is 18.1 Å². The van der Waals surface area contributed by atoms with E-state index in [0.717, 1.165) is 35.7 Å². The second-order valence-corrected chi connectivity index (χ2v) is 6.48. The number of aromatic amines is 1. The van der Waals surface area contributed by atoms with Gasteiger partial charge in [-0.2, -0.15) is 5.26 Å². The van der Waals surface area contributed by atoms with Gasteiger partial charge in [-0.05, 0) is 49.9 Å². The molecular formula is C17H17Cl2N3. The summed E-state index contributed by atoms with van der Waals surface area (Å²) >= 11 is 12.3. The first-order chi connectivity index (χ1) is 10.6. The summed E-state index contributed by atoms with van der Waals surface area (Å²) < 4.78 is 0. The summed E-state index contributed by atoms with van der Waals surface area (Å²) in [5, 5.41) is 10.7. The number of H-pyrrole nitrogens is 1. The van der Waals surface area contributed by atoms with Crippen LogP contribution in [0.1, 0.15) is 30.4 Å². The molecule has 1 aliphatic heterocycles.